The fourth-order valence-corrected chi connectivity index (χ4v) is 2.48. The molecular weight excluding hydrogens is 315 g/mol. The van der Waals surface area contributed by atoms with E-state index >= 15 is 0 Å². The second kappa shape index (κ2) is 5.55. The van der Waals surface area contributed by atoms with E-state index in [1.54, 1.807) is 0 Å². The third-order valence-corrected chi connectivity index (χ3v) is 3.66. The number of pyridine rings is 1. The highest BCUT2D eigenvalue weighted by Gasteiger charge is 2.22. The highest BCUT2D eigenvalue weighted by molar-refractivity contribution is 5.96. The molecule has 0 aliphatic heterocycles. The van der Waals surface area contributed by atoms with Gasteiger partial charge in [-0.05, 0) is 18.2 Å². The summed E-state index contributed by atoms with van der Waals surface area (Å²) < 4.78 is 19.8. The van der Waals surface area contributed by atoms with Crippen molar-refractivity contribution < 1.29 is 13.9 Å². The largest absolute Gasteiger partial charge is 0.464 e. The summed E-state index contributed by atoms with van der Waals surface area (Å²) in [5.41, 5.74) is 5.73. The van der Waals surface area contributed by atoms with Gasteiger partial charge in [-0.25, -0.2) is 9.18 Å². The van der Waals surface area contributed by atoms with Crippen LogP contribution in [0.1, 0.15) is 16.1 Å². The predicted octanol–water partition coefficient (Wildman–Crippen LogP) is 1.70. The van der Waals surface area contributed by atoms with Crippen LogP contribution in [-0.4, -0.2) is 22.6 Å². The number of rotatable bonds is 2. The van der Waals surface area contributed by atoms with Gasteiger partial charge in [0.05, 0.1) is 23.7 Å². The molecule has 0 unspecified atom stereocenters. The minimum atomic E-state index is -0.734. The van der Waals surface area contributed by atoms with E-state index in [0.29, 0.717) is 5.69 Å². The first-order valence-corrected chi connectivity index (χ1v) is 6.78. The Morgan fingerprint density at radius 1 is 1.42 bits per heavy atom. The van der Waals surface area contributed by atoms with Crippen LogP contribution in [0.2, 0.25) is 0 Å². The second-order valence-electron chi connectivity index (χ2n) is 4.97. The molecule has 0 aliphatic carbocycles. The Labute approximate surface area is 134 Å². The normalized spacial score (nSPS) is 10.5. The van der Waals surface area contributed by atoms with Crippen molar-refractivity contribution >= 4 is 22.4 Å². The molecule has 0 spiro atoms. The fraction of sp³-hybridized carbons (Fsp3) is 0.0625. The molecule has 0 aliphatic rings. The van der Waals surface area contributed by atoms with Gasteiger partial charge in [0.1, 0.15) is 11.9 Å². The maximum atomic E-state index is 13.8. The molecule has 2 aromatic heterocycles. The summed E-state index contributed by atoms with van der Waals surface area (Å²) in [5.74, 6) is -1.31. The number of carbonyl (C=O) groups excluding carboxylic acids is 1. The van der Waals surface area contributed by atoms with Crippen LogP contribution in [0.5, 0.6) is 0 Å². The van der Waals surface area contributed by atoms with E-state index in [2.05, 4.69) is 4.98 Å². The standard InChI is InChI=1S/C16H11FN4O3/c1-24-16(23)14-13(19)8(5-18)7-21(14)9-2-3-10-11(4-9)15(22)20-6-12(10)17/h2-4,6-7H,19H2,1H3,(H,20,22). The van der Waals surface area contributed by atoms with Crippen LogP contribution in [0.25, 0.3) is 16.5 Å². The summed E-state index contributed by atoms with van der Waals surface area (Å²) in [4.78, 5) is 26.2. The molecule has 8 heteroatoms. The molecule has 0 saturated heterocycles. The monoisotopic (exact) mass is 326 g/mol. The lowest BCUT2D eigenvalue weighted by Crippen LogP contribution is -2.12. The van der Waals surface area contributed by atoms with E-state index in [-0.39, 0.29) is 27.7 Å². The average Bonchev–Trinajstić information content (AvgIpc) is 2.94. The van der Waals surface area contributed by atoms with Crippen molar-refractivity contribution in [3.63, 3.8) is 0 Å². The number of nitrogens with zero attached hydrogens (tertiary/aromatic N) is 2. The number of methoxy groups -OCH3 is 1. The van der Waals surface area contributed by atoms with Gasteiger partial charge in [-0.3, -0.25) is 4.79 Å². The Balaban J connectivity index is 2.32. The first-order chi connectivity index (χ1) is 11.5. The summed E-state index contributed by atoms with van der Waals surface area (Å²) in [7, 11) is 1.19. The lowest BCUT2D eigenvalue weighted by molar-refractivity contribution is 0.0593. The Kier molecular flexibility index (Phi) is 3.54. The van der Waals surface area contributed by atoms with E-state index in [1.807, 2.05) is 6.07 Å². The molecule has 0 fully saturated rings. The number of anilines is 1. The van der Waals surface area contributed by atoms with Gasteiger partial charge in [0.15, 0.2) is 5.69 Å². The van der Waals surface area contributed by atoms with Gasteiger partial charge in [0.2, 0.25) is 0 Å². The minimum absolute atomic E-state index is 0.0300. The topological polar surface area (TPSA) is 114 Å². The van der Waals surface area contributed by atoms with Crippen molar-refractivity contribution in [2.75, 3.05) is 12.8 Å². The van der Waals surface area contributed by atoms with Crippen molar-refractivity contribution in [2.24, 2.45) is 0 Å². The van der Waals surface area contributed by atoms with Crippen molar-refractivity contribution in [2.45, 2.75) is 0 Å². The maximum absolute atomic E-state index is 13.8. The van der Waals surface area contributed by atoms with E-state index in [1.165, 1.54) is 36.1 Å². The number of H-pyrrole nitrogens is 1. The van der Waals surface area contributed by atoms with Crippen molar-refractivity contribution in [1.82, 2.24) is 9.55 Å². The zero-order valence-corrected chi connectivity index (χ0v) is 12.5. The first-order valence-electron chi connectivity index (χ1n) is 6.78. The summed E-state index contributed by atoms with van der Waals surface area (Å²) in [5, 5.41) is 9.36. The number of nitrogen functional groups attached to an aromatic ring is 1. The molecule has 1 aromatic carbocycles. The lowest BCUT2D eigenvalue weighted by Gasteiger charge is -2.09. The molecule has 2 heterocycles. The zero-order chi connectivity index (χ0) is 17.4. The van der Waals surface area contributed by atoms with Crippen LogP contribution in [-0.2, 0) is 4.74 Å². The van der Waals surface area contributed by atoms with Gasteiger partial charge in [0.25, 0.3) is 5.56 Å². The smallest absolute Gasteiger partial charge is 0.357 e. The highest BCUT2D eigenvalue weighted by atomic mass is 19.1. The molecule has 24 heavy (non-hydrogen) atoms. The number of hydrogen-bond donors (Lipinski definition) is 2. The number of aromatic amines is 1. The van der Waals surface area contributed by atoms with E-state index < -0.39 is 17.3 Å². The summed E-state index contributed by atoms with van der Waals surface area (Å²) >= 11 is 0. The molecule has 0 atom stereocenters. The van der Waals surface area contributed by atoms with Crippen LogP contribution in [0, 0.1) is 17.1 Å². The number of ether oxygens (including phenoxy) is 1. The summed E-state index contributed by atoms with van der Waals surface area (Å²) in [6.45, 7) is 0. The molecule has 0 amide bonds. The molecule has 0 saturated carbocycles. The predicted molar refractivity (Wildman–Crippen MR) is 84.3 cm³/mol. The number of fused-ring (bicyclic) bond motifs is 1. The molecule has 3 rings (SSSR count). The lowest BCUT2D eigenvalue weighted by atomic mass is 10.1. The number of esters is 1. The third-order valence-electron chi connectivity index (χ3n) is 3.66. The van der Waals surface area contributed by atoms with Crippen LogP contribution in [0.4, 0.5) is 10.1 Å². The number of benzene rings is 1. The SMILES string of the molecule is COC(=O)c1c(N)c(C#N)cn1-c1ccc2c(F)c[nH]c(=O)c2c1. The molecule has 3 aromatic rings. The Bertz CT molecular complexity index is 1080. The van der Waals surface area contributed by atoms with Gasteiger partial charge in [-0.15, -0.1) is 0 Å². The molecule has 7 nitrogen and oxygen atoms in total. The Morgan fingerprint density at radius 3 is 2.83 bits per heavy atom. The molecule has 120 valence electrons. The summed E-state index contributed by atoms with van der Waals surface area (Å²) in [6, 6.07) is 6.21. The zero-order valence-electron chi connectivity index (χ0n) is 12.5. The summed E-state index contributed by atoms with van der Waals surface area (Å²) in [6.07, 6.45) is 2.34. The highest BCUT2D eigenvalue weighted by Crippen LogP contribution is 2.26. The molecule has 0 bridgehead atoms. The first kappa shape index (κ1) is 15.3. The van der Waals surface area contributed by atoms with Crippen molar-refractivity contribution in [3.05, 3.63) is 58.0 Å². The van der Waals surface area contributed by atoms with Gasteiger partial charge in [-0.2, -0.15) is 5.26 Å². The Hall–Kier alpha value is -3.60. The molecular formula is C16H11FN4O3. The number of nitrogens with two attached hydrogens (primary N) is 1. The van der Waals surface area contributed by atoms with E-state index in [0.717, 1.165) is 6.20 Å². The van der Waals surface area contributed by atoms with Crippen molar-refractivity contribution in [3.8, 4) is 11.8 Å². The van der Waals surface area contributed by atoms with Crippen LogP contribution in [0.15, 0.2) is 35.4 Å². The van der Waals surface area contributed by atoms with Crippen LogP contribution < -0.4 is 11.3 Å². The van der Waals surface area contributed by atoms with Gasteiger partial charge in [0, 0.05) is 23.5 Å². The average molecular weight is 326 g/mol. The van der Waals surface area contributed by atoms with Gasteiger partial charge < -0.3 is 20.0 Å². The van der Waals surface area contributed by atoms with E-state index in [4.69, 9.17) is 15.7 Å². The molecule has 3 N–H and O–H groups in total. The maximum Gasteiger partial charge on any atom is 0.357 e. The minimum Gasteiger partial charge on any atom is -0.464 e. The number of hydrogen-bond acceptors (Lipinski definition) is 5. The second-order valence-corrected chi connectivity index (χ2v) is 4.97. The number of carbonyl (C=O) groups is 1. The van der Waals surface area contributed by atoms with Gasteiger partial charge >= 0.3 is 5.97 Å². The van der Waals surface area contributed by atoms with Crippen molar-refractivity contribution in [1.29, 1.82) is 5.26 Å². The number of aromatic nitrogens is 2. The van der Waals surface area contributed by atoms with E-state index in [9.17, 15) is 14.0 Å². The number of halogens is 1. The third kappa shape index (κ3) is 2.19. The van der Waals surface area contributed by atoms with Crippen LogP contribution in [0.3, 0.4) is 0 Å². The Morgan fingerprint density at radius 2 is 2.17 bits per heavy atom. The van der Waals surface area contributed by atoms with Crippen LogP contribution >= 0.6 is 0 Å². The molecule has 0 radical (unpaired) electrons. The number of nitriles is 1. The van der Waals surface area contributed by atoms with Gasteiger partial charge in [-0.1, -0.05) is 0 Å². The number of nitrogens with one attached hydrogen (secondary N) is 1. The fourth-order valence-electron chi connectivity index (χ4n) is 2.48. The quantitative estimate of drug-likeness (QED) is 0.696.